The van der Waals surface area contributed by atoms with Crippen LogP contribution < -0.4 is 15.4 Å². The van der Waals surface area contributed by atoms with Crippen LogP contribution in [0.2, 0.25) is 0 Å². The van der Waals surface area contributed by atoms with Crippen molar-refractivity contribution in [3.05, 3.63) is 65.0 Å². The molecule has 1 aliphatic carbocycles. The molecule has 0 aromatic heterocycles. The molecule has 0 radical (unpaired) electrons. The van der Waals surface area contributed by atoms with Gasteiger partial charge in [-0.15, -0.1) is 6.42 Å². The van der Waals surface area contributed by atoms with Crippen LogP contribution in [-0.4, -0.2) is 73.5 Å². The van der Waals surface area contributed by atoms with Crippen molar-refractivity contribution in [3.63, 3.8) is 0 Å². The van der Waals surface area contributed by atoms with Gasteiger partial charge in [-0.25, -0.2) is 4.39 Å². The molecule has 0 saturated heterocycles. The largest absolute Gasteiger partial charge is 0.493 e. The van der Waals surface area contributed by atoms with Crippen LogP contribution in [0.1, 0.15) is 61.6 Å². The smallest absolute Gasteiger partial charge is 0.127 e. The summed E-state index contributed by atoms with van der Waals surface area (Å²) < 4.78 is 20.5. The summed E-state index contributed by atoms with van der Waals surface area (Å²) in [5.41, 5.74) is 2.73. The standard InChI is InChI=1S/C33H46FN3O2S/c1-4-25-10-9-11-27(18-25)33(13-14-33)36-24-32(38)31-21-26-19-28(34)22-30(20-26)39-16-8-6-5-7-15-37(2)29(23-35-31)12-17-40-3/h1,9-11,18-20,22,29,31-32,35-36,38H,5-8,12-17,21,23-24H2,2-3H3. The Kier molecular flexibility index (Phi) is 11.8. The lowest BCUT2D eigenvalue weighted by atomic mass is 9.98. The van der Waals surface area contributed by atoms with Crippen LogP contribution in [-0.2, 0) is 12.0 Å². The number of rotatable bonds is 8. The number of hydrogen-bond donors (Lipinski definition) is 3. The summed E-state index contributed by atoms with van der Waals surface area (Å²) in [6, 6.07) is 13.2. The zero-order valence-electron chi connectivity index (χ0n) is 24.1. The second kappa shape index (κ2) is 15.2. The lowest BCUT2D eigenvalue weighted by Gasteiger charge is -2.32. The Morgan fingerprint density at radius 1 is 1.23 bits per heavy atom. The summed E-state index contributed by atoms with van der Waals surface area (Å²) in [6.45, 7) is 2.85. The van der Waals surface area contributed by atoms with Gasteiger partial charge >= 0.3 is 0 Å². The van der Waals surface area contributed by atoms with E-state index >= 15 is 0 Å². The Balaban J connectivity index is 1.51. The van der Waals surface area contributed by atoms with E-state index in [1.807, 2.05) is 30.0 Å². The van der Waals surface area contributed by atoms with E-state index in [4.69, 9.17) is 11.2 Å². The quantitative estimate of drug-likeness (QED) is 0.393. The number of ether oxygens (including phenoxy) is 1. The van der Waals surface area contributed by atoms with Crippen LogP contribution in [0.25, 0.3) is 0 Å². The van der Waals surface area contributed by atoms with Crippen molar-refractivity contribution < 1.29 is 14.2 Å². The molecule has 2 aliphatic rings. The lowest BCUT2D eigenvalue weighted by molar-refractivity contribution is 0.112. The van der Waals surface area contributed by atoms with Crippen LogP contribution in [0, 0.1) is 18.2 Å². The molecule has 7 heteroatoms. The van der Waals surface area contributed by atoms with Gasteiger partial charge in [0.05, 0.1) is 12.7 Å². The maximum absolute atomic E-state index is 14.6. The highest BCUT2D eigenvalue weighted by atomic mass is 32.2. The molecule has 3 atom stereocenters. The fourth-order valence-electron chi connectivity index (χ4n) is 5.67. The predicted octanol–water partition coefficient (Wildman–Crippen LogP) is 4.95. The highest BCUT2D eigenvalue weighted by molar-refractivity contribution is 7.98. The minimum Gasteiger partial charge on any atom is -0.493 e. The first kappa shape index (κ1) is 30.9. The molecule has 1 saturated carbocycles. The van der Waals surface area contributed by atoms with Crippen LogP contribution in [0.15, 0.2) is 42.5 Å². The number of nitrogens with one attached hydrogen (secondary N) is 2. The molecular formula is C33H46FN3O2S. The summed E-state index contributed by atoms with van der Waals surface area (Å²) in [4.78, 5) is 2.46. The van der Waals surface area contributed by atoms with E-state index in [1.54, 1.807) is 6.07 Å². The van der Waals surface area contributed by atoms with Gasteiger partial charge in [-0.1, -0.05) is 30.9 Å². The highest BCUT2D eigenvalue weighted by Crippen LogP contribution is 2.45. The third-order valence-electron chi connectivity index (χ3n) is 8.40. The first-order valence-corrected chi connectivity index (χ1v) is 16.2. The predicted molar refractivity (Wildman–Crippen MR) is 165 cm³/mol. The zero-order valence-corrected chi connectivity index (χ0v) is 24.9. The first-order chi connectivity index (χ1) is 19.4. The molecular weight excluding hydrogens is 521 g/mol. The number of halogens is 1. The second-order valence-electron chi connectivity index (χ2n) is 11.4. The van der Waals surface area contributed by atoms with Gasteiger partial charge in [-0.05, 0) is 99.5 Å². The zero-order chi connectivity index (χ0) is 28.4. The van der Waals surface area contributed by atoms with Gasteiger partial charge in [0, 0.05) is 42.3 Å². The number of aliphatic hydroxyl groups is 1. The van der Waals surface area contributed by atoms with E-state index in [0.29, 0.717) is 31.4 Å². The van der Waals surface area contributed by atoms with Crippen molar-refractivity contribution in [2.45, 2.75) is 75.1 Å². The van der Waals surface area contributed by atoms with Crippen molar-refractivity contribution in [1.82, 2.24) is 15.5 Å². The molecule has 0 spiro atoms. The van der Waals surface area contributed by atoms with E-state index in [-0.39, 0.29) is 17.4 Å². The van der Waals surface area contributed by atoms with E-state index in [2.05, 4.69) is 46.9 Å². The summed E-state index contributed by atoms with van der Waals surface area (Å²) in [5.74, 6) is 4.09. The number of benzene rings is 2. The third kappa shape index (κ3) is 8.96. The lowest BCUT2D eigenvalue weighted by Crippen LogP contribution is -2.52. The molecule has 218 valence electrons. The van der Waals surface area contributed by atoms with Gasteiger partial charge in [0.15, 0.2) is 0 Å². The SMILES string of the molecule is C#Cc1cccc(C2(NCC(O)C3Cc4cc(F)cc(c4)OCCCCCCN(C)C(CCSC)CN3)CC2)c1. The van der Waals surface area contributed by atoms with E-state index in [9.17, 15) is 9.50 Å². The number of thioether (sulfide) groups is 1. The monoisotopic (exact) mass is 567 g/mol. The number of likely N-dealkylation sites (N-methyl/N-ethyl adjacent to an activating group) is 1. The normalized spacial score (nSPS) is 23.1. The number of aliphatic hydroxyl groups excluding tert-OH is 1. The summed E-state index contributed by atoms with van der Waals surface area (Å²) in [5, 5.41) is 18.9. The van der Waals surface area contributed by atoms with Gasteiger partial charge in [-0.3, -0.25) is 0 Å². The number of hydrogen-bond acceptors (Lipinski definition) is 6. The van der Waals surface area contributed by atoms with Gasteiger partial charge in [-0.2, -0.15) is 11.8 Å². The maximum Gasteiger partial charge on any atom is 0.127 e. The topological polar surface area (TPSA) is 56.8 Å². The van der Waals surface area contributed by atoms with E-state index < -0.39 is 6.10 Å². The Morgan fingerprint density at radius 2 is 2.05 bits per heavy atom. The molecule has 3 N–H and O–H groups in total. The molecule has 1 aliphatic heterocycles. The van der Waals surface area contributed by atoms with Crippen molar-refractivity contribution in [3.8, 4) is 18.1 Å². The van der Waals surface area contributed by atoms with Crippen LogP contribution in [0.3, 0.4) is 0 Å². The molecule has 1 fully saturated rings. The van der Waals surface area contributed by atoms with Gasteiger partial charge in [0.2, 0.25) is 0 Å². The number of fused-ring (bicyclic) bond motifs is 2. The van der Waals surface area contributed by atoms with Gasteiger partial charge in [0.25, 0.3) is 0 Å². The molecule has 3 unspecified atom stereocenters. The molecule has 0 amide bonds. The van der Waals surface area contributed by atoms with Crippen LogP contribution in [0.5, 0.6) is 5.75 Å². The first-order valence-electron chi connectivity index (χ1n) is 14.8. The highest BCUT2D eigenvalue weighted by Gasteiger charge is 2.44. The Morgan fingerprint density at radius 3 is 2.83 bits per heavy atom. The summed E-state index contributed by atoms with van der Waals surface area (Å²) in [7, 11) is 2.21. The minimum atomic E-state index is -0.661. The van der Waals surface area contributed by atoms with Crippen molar-refractivity contribution in [2.75, 3.05) is 45.3 Å². The molecule has 2 aromatic rings. The van der Waals surface area contributed by atoms with E-state index in [1.165, 1.54) is 11.6 Å². The molecule has 2 aromatic carbocycles. The third-order valence-corrected chi connectivity index (χ3v) is 9.04. The minimum absolute atomic E-state index is 0.146. The van der Waals surface area contributed by atoms with Crippen LogP contribution in [0.4, 0.5) is 4.39 Å². The van der Waals surface area contributed by atoms with E-state index in [0.717, 1.165) is 74.9 Å². The fourth-order valence-corrected chi connectivity index (χ4v) is 6.18. The summed E-state index contributed by atoms with van der Waals surface area (Å²) in [6.07, 6.45) is 15.1. The van der Waals surface area contributed by atoms with Gasteiger partial charge in [0.1, 0.15) is 11.6 Å². The second-order valence-corrected chi connectivity index (χ2v) is 12.4. The maximum atomic E-state index is 14.6. The van der Waals surface area contributed by atoms with Crippen molar-refractivity contribution in [2.24, 2.45) is 0 Å². The Bertz CT molecular complexity index is 1120. The van der Waals surface area contributed by atoms with Gasteiger partial charge < -0.3 is 25.4 Å². The molecule has 5 nitrogen and oxygen atoms in total. The number of terminal acetylenes is 1. The Hall–Kier alpha value is -2.08. The van der Waals surface area contributed by atoms with Crippen LogP contribution >= 0.6 is 11.8 Å². The molecule has 4 rings (SSSR count). The molecule has 1 heterocycles. The Labute approximate surface area is 244 Å². The average molecular weight is 568 g/mol. The summed E-state index contributed by atoms with van der Waals surface area (Å²) >= 11 is 1.87. The van der Waals surface area contributed by atoms with Crippen molar-refractivity contribution >= 4 is 11.8 Å². The van der Waals surface area contributed by atoms with Crippen molar-refractivity contribution in [1.29, 1.82) is 0 Å². The molecule has 40 heavy (non-hydrogen) atoms. The number of nitrogens with zero attached hydrogens (tertiary/aromatic N) is 1. The fraction of sp³-hybridized carbons (Fsp3) is 0.576. The average Bonchev–Trinajstić information content (AvgIpc) is 3.75. The molecule has 2 bridgehead atoms.